The van der Waals surface area contributed by atoms with E-state index in [0.717, 1.165) is 0 Å². The summed E-state index contributed by atoms with van der Waals surface area (Å²) in [4.78, 5) is 11.6. The van der Waals surface area contributed by atoms with Crippen LogP contribution in [0.15, 0.2) is 42.5 Å². The van der Waals surface area contributed by atoms with Crippen molar-refractivity contribution in [1.82, 2.24) is 0 Å². The number of hydrogen-bond acceptors (Lipinski definition) is 1. The summed E-state index contributed by atoms with van der Waals surface area (Å²) in [5, 5.41) is 2.49. The highest BCUT2D eigenvalue weighted by Gasteiger charge is 2.15. The van der Waals surface area contributed by atoms with Gasteiger partial charge in [0.2, 0.25) is 5.91 Å². The highest BCUT2D eigenvalue weighted by Crippen LogP contribution is 2.16. The summed E-state index contributed by atoms with van der Waals surface area (Å²) < 4.78 is 39.4. The number of rotatable bonds is 3. The molecule has 2 aromatic carbocycles. The Bertz CT molecular complexity index is 576. The van der Waals surface area contributed by atoms with E-state index in [0.29, 0.717) is 17.8 Å². The number of anilines is 1. The number of nitrogens with one attached hydrogen (secondary N) is 1. The van der Waals surface area contributed by atoms with Crippen molar-refractivity contribution >= 4 is 11.6 Å². The van der Waals surface area contributed by atoms with Crippen molar-refractivity contribution < 1.29 is 18.0 Å². The van der Waals surface area contributed by atoms with Gasteiger partial charge in [-0.1, -0.05) is 18.2 Å². The van der Waals surface area contributed by atoms with Gasteiger partial charge in [-0.3, -0.25) is 4.79 Å². The molecule has 0 aliphatic heterocycles. The second-order valence-corrected chi connectivity index (χ2v) is 3.94. The van der Waals surface area contributed by atoms with E-state index < -0.39 is 35.3 Å². The van der Waals surface area contributed by atoms with Crippen LogP contribution in [0.5, 0.6) is 0 Å². The quantitative estimate of drug-likeness (QED) is 0.906. The van der Waals surface area contributed by atoms with Gasteiger partial charge < -0.3 is 5.32 Å². The molecule has 0 saturated heterocycles. The van der Waals surface area contributed by atoms with Crippen molar-refractivity contribution in [3.05, 3.63) is 65.5 Å². The van der Waals surface area contributed by atoms with Crippen molar-refractivity contribution in [3.63, 3.8) is 0 Å². The number of halogens is 3. The first-order chi connectivity index (χ1) is 9.06. The molecule has 1 N–H and O–H groups in total. The van der Waals surface area contributed by atoms with Crippen LogP contribution in [-0.4, -0.2) is 5.91 Å². The Kier molecular flexibility index (Phi) is 3.85. The van der Waals surface area contributed by atoms with Crippen LogP contribution in [0, 0.1) is 17.5 Å². The van der Waals surface area contributed by atoms with E-state index in [1.54, 1.807) is 30.3 Å². The summed E-state index contributed by atoms with van der Waals surface area (Å²) in [5.74, 6) is -3.72. The van der Waals surface area contributed by atoms with E-state index in [1.807, 2.05) is 0 Å². The first kappa shape index (κ1) is 13.1. The van der Waals surface area contributed by atoms with E-state index in [9.17, 15) is 18.0 Å². The van der Waals surface area contributed by atoms with Crippen LogP contribution in [-0.2, 0) is 11.2 Å². The third-order valence-corrected chi connectivity index (χ3v) is 2.50. The van der Waals surface area contributed by atoms with Crippen LogP contribution in [0.1, 0.15) is 5.56 Å². The predicted molar refractivity (Wildman–Crippen MR) is 65.1 cm³/mol. The highest BCUT2D eigenvalue weighted by atomic mass is 19.1. The van der Waals surface area contributed by atoms with Crippen molar-refractivity contribution in [3.8, 4) is 0 Å². The van der Waals surface area contributed by atoms with Gasteiger partial charge in [-0.25, -0.2) is 13.2 Å². The van der Waals surface area contributed by atoms with E-state index in [-0.39, 0.29) is 0 Å². The van der Waals surface area contributed by atoms with Gasteiger partial charge in [-0.15, -0.1) is 0 Å². The zero-order chi connectivity index (χ0) is 13.8. The number of amides is 1. The minimum Gasteiger partial charge on any atom is -0.326 e. The summed E-state index contributed by atoms with van der Waals surface area (Å²) in [6, 6.07) is 9.60. The molecule has 1 amide bonds. The first-order valence-corrected chi connectivity index (χ1v) is 5.54. The third-order valence-electron chi connectivity index (χ3n) is 2.50. The molecule has 0 aliphatic carbocycles. The molecule has 0 unspecified atom stereocenters. The number of benzene rings is 2. The minimum atomic E-state index is -1.07. The Labute approximate surface area is 107 Å². The third kappa shape index (κ3) is 3.34. The first-order valence-electron chi connectivity index (χ1n) is 5.54. The van der Waals surface area contributed by atoms with Crippen molar-refractivity contribution in [2.24, 2.45) is 0 Å². The molecule has 2 nitrogen and oxygen atoms in total. The van der Waals surface area contributed by atoms with Gasteiger partial charge in [-0.2, -0.15) is 0 Å². The summed E-state index contributed by atoms with van der Waals surface area (Å²) in [6.45, 7) is 0. The lowest BCUT2D eigenvalue weighted by molar-refractivity contribution is -0.115. The number of carbonyl (C=O) groups is 1. The monoisotopic (exact) mass is 265 g/mol. The Morgan fingerprint density at radius 2 is 1.58 bits per heavy atom. The molecule has 0 saturated carbocycles. The maximum Gasteiger partial charge on any atom is 0.229 e. The fraction of sp³-hybridized carbons (Fsp3) is 0.0714. The SMILES string of the molecule is O=C(Cc1c(F)cc(F)cc1F)Nc1ccccc1. The second-order valence-electron chi connectivity index (χ2n) is 3.94. The number of carbonyl (C=O) groups excluding carboxylic acids is 1. The van der Waals surface area contributed by atoms with Gasteiger partial charge in [0.1, 0.15) is 17.5 Å². The fourth-order valence-electron chi connectivity index (χ4n) is 1.63. The van der Waals surface area contributed by atoms with Gasteiger partial charge >= 0.3 is 0 Å². The van der Waals surface area contributed by atoms with Crippen LogP contribution in [0.2, 0.25) is 0 Å². The molecular weight excluding hydrogens is 255 g/mol. The fourth-order valence-corrected chi connectivity index (χ4v) is 1.63. The van der Waals surface area contributed by atoms with Crippen LogP contribution in [0.3, 0.4) is 0 Å². The Morgan fingerprint density at radius 1 is 1.00 bits per heavy atom. The molecule has 19 heavy (non-hydrogen) atoms. The molecule has 0 aliphatic rings. The summed E-state index contributed by atoms with van der Waals surface area (Å²) in [5.41, 5.74) is 0.0743. The molecule has 0 radical (unpaired) electrons. The molecular formula is C14H10F3NO. The number of para-hydroxylation sites is 1. The highest BCUT2D eigenvalue weighted by molar-refractivity contribution is 5.92. The Hall–Kier alpha value is -2.30. The van der Waals surface area contributed by atoms with E-state index >= 15 is 0 Å². The maximum absolute atomic E-state index is 13.4. The number of hydrogen-bond donors (Lipinski definition) is 1. The topological polar surface area (TPSA) is 29.1 Å². The molecule has 0 bridgehead atoms. The molecule has 5 heteroatoms. The molecule has 0 fully saturated rings. The zero-order valence-electron chi connectivity index (χ0n) is 9.79. The van der Waals surface area contributed by atoms with Crippen molar-refractivity contribution in [2.45, 2.75) is 6.42 Å². The normalized spacial score (nSPS) is 10.3. The van der Waals surface area contributed by atoms with Crippen LogP contribution >= 0.6 is 0 Å². The van der Waals surface area contributed by atoms with E-state index in [2.05, 4.69) is 5.32 Å². The smallest absolute Gasteiger partial charge is 0.229 e. The van der Waals surface area contributed by atoms with Gasteiger partial charge in [-0.05, 0) is 12.1 Å². The maximum atomic E-state index is 13.4. The second kappa shape index (κ2) is 5.56. The van der Waals surface area contributed by atoms with E-state index in [4.69, 9.17) is 0 Å². The van der Waals surface area contributed by atoms with Gasteiger partial charge in [0.15, 0.2) is 0 Å². The average Bonchev–Trinajstić information content (AvgIpc) is 2.35. The predicted octanol–water partition coefficient (Wildman–Crippen LogP) is 3.29. The molecule has 2 rings (SSSR count). The molecule has 0 spiro atoms. The van der Waals surface area contributed by atoms with Crippen molar-refractivity contribution in [1.29, 1.82) is 0 Å². The molecule has 0 atom stereocenters. The van der Waals surface area contributed by atoms with Gasteiger partial charge in [0.05, 0.1) is 6.42 Å². The van der Waals surface area contributed by atoms with E-state index in [1.165, 1.54) is 0 Å². The largest absolute Gasteiger partial charge is 0.326 e. The van der Waals surface area contributed by atoms with Crippen LogP contribution in [0.4, 0.5) is 18.9 Å². The lowest BCUT2D eigenvalue weighted by atomic mass is 10.1. The lowest BCUT2D eigenvalue weighted by Gasteiger charge is -2.07. The average molecular weight is 265 g/mol. The van der Waals surface area contributed by atoms with Crippen molar-refractivity contribution in [2.75, 3.05) is 5.32 Å². The Balaban J connectivity index is 2.12. The standard InChI is InChI=1S/C14H10F3NO/c15-9-6-12(16)11(13(17)7-9)8-14(19)18-10-4-2-1-3-5-10/h1-7H,8H2,(H,18,19). The molecule has 0 aromatic heterocycles. The lowest BCUT2D eigenvalue weighted by Crippen LogP contribution is -2.16. The zero-order valence-corrected chi connectivity index (χ0v) is 9.79. The minimum absolute atomic E-state index is 0.449. The molecule has 0 heterocycles. The molecule has 2 aromatic rings. The molecule has 98 valence electrons. The van der Waals surface area contributed by atoms with Gasteiger partial charge in [0, 0.05) is 23.4 Å². The van der Waals surface area contributed by atoms with Crippen LogP contribution in [0.25, 0.3) is 0 Å². The van der Waals surface area contributed by atoms with Crippen LogP contribution < -0.4 is 5.32 Å². The summed E-state index contributed by atoms with van der Waals surface area (Å²) >= 11 is 0. The summed E-state index contributed by atoms with van der Waals surface area (Å²) in [7, 11) is 0. The van der Waals surface area contributed by atoms with Gasteiger partial charge in [0.25, 0.3) is 0 Å². The summed E-state index contributed by atoms with van der Waals surface area (Å²) in [6.07, 6.45) is -0.493. The Morgan fingerprint density at radius 3 is 2.16 bits per heavy atom.